The number of ether oxygens (including phenoxy) is 1. The summed E-state index contributed by atoms with van der Waals surface area (Å²) in [6, 6.07) is 4.10. The van der Waals surface area contributed by atoms with Crippen molar-refractivity contribution in [3.63, 3.8) is 0 Å². The van der Waals surface area contributed by atoms with Gasteiger partial charge < -0.3 is 19.6 Å². The predicted octanol–water partition coefficient (Wildman–Crippen LogP) is 1.45. The van der Waals surface area contributed by atoms with Crippen LogP contribution in [0.15, 0.2) is 12.1 Å². The lowest BCUT2D eigenvalue weighted by atomic mass is 9.92. The Kier molecular flexibility index (Phi) is 4.94. The van der Waals surface area contributed by atoms with Gasteiger partial charge in [0.15, 0.2) is 11.5 Å². The number of likely N-dealkylation sites (tertiary alicyclic amines) is 1. The van der Waals surface area contributed by atoms with E-state index in [4.69, 9.17) is 9.84 Å². The second-order valence-corrected chi connectivity index (χ2v) is 8.64. The molecule has 5 heterocycles. The first-order chi connectivity index (χ1) is 13.7. The molecular weight excluding hydrogens is 356 g/mol. The van der Waals surface area contributed by atoms with Gasteiger partial charge in [-0.15, -0.1) is 15.3 Å². The van der Waals surface area contributed by atoms with Gasteiger partial charge in [-0.1, -0.05) is 0 Å². The molecule has 0 bridgehead atoms. The molecule has 3 aliphatic heterocycles. The van der Waals surface area contributed by atoms with Crippen LogP contribution < -0.4 is 4.90 Å². The Morgan fingerprint density at radius 3 is 2.64 bits per heavy atom. The van der Waals surface area contributed by atoms with Crippen molar-refractivity contribution in [3.8, 4) is 0 Å². The molecule has 8 nitrogen and oxygen atoms in total. The lowest BCUT2D eigenvalue weighted by Crippen LogP contribution is -2.50. The van der Waals surface area contributed by atoms with E-state index in [1.54, 1.807) is 0 Å². The number of β-amino-alcohol motifs (C(OH)–C–C–N with tert-alkyl or cyclic N) is 1. The second kappa shape index (κ2) is 7.57. The molecule has 1 N–H and O–H groups in total. The van der Waals surface area contributed by atoms with Crippen LogP contribution in [0.2, 0.25) is 0 Å². The maximum Gasteiger partial charge on any atom is 0.178 e. The van der Waals surface area contributed by atoms with E-state index in [1.807, 2.05) is 10.6 Å². The molecule has 0 amide bonds. The molecule has 2 aromatic rings. The van der Waals surface area contributed by atoms with Crippen LogP contribution in [0.3, 0.4) is 0 Å². The summed E-state index contributed by atoms with van der Waals surface area (Å²) >= 11 is 0. The number of aliphatic hydroxyl groups is 1. The van der Waals surface area contributed by atoms with E-state index >= 15 is 0 Å². The van der Waals surface area contributed by atoms with Crippen molar-refractivity contribution >= 4 is 11.5 Å². The van der Waals surface area contributed by atoms with Crippen LogP contribution in [0.25, 0.3) is 5.65 Å². The van der Waals surface area contributed by atoms with E-state index in [0.717, 1.165) is 75.8 Å². The van der Waals surface area contributed by atoms with Crippen LogP contribution in [0, 0.1) is 0 Å². The van der Waals surface area contributed by atoms with E-state index < -0.39 is 5.60 Å². The van der Waals surface area contributed by atoms with Crippen molar-refractivity contribution in [2.45, 2.75) is 50.0 Å². The standard InChI is InChI=1S/C20H30N6O2/c27-20(8-3-13-28-15-20)14-24-11-6-16(7-12-24)19-22-21-17-4-5-18(23-26(17)19)25-9-1-2-10-25/h4-5,16,27H,1-3,6-15H2. The summed E-state index contributed by atoms with van der Waals surface area (Å²) < 4.78 is 7.45. The Balaban J connectivity index is 1.27. The SMILES string of the molecule is OC1(CN2CCC(c3nnc4ccc(N5CCCC5)nn34)CC2)CCCOC1. The number of rotatable bonds is 4. The fourth-order valence-electron chi connectivity index (χ4n) is 4.89. The van der Waals surface area contributed by atoms with E-state index in [9.17, 15) is 5.11 Å². The molecule has 3 saturated heterocycles. The third-order valence-electron chi connectivity index (χ3n) is 6.48. The summed E-state index contributed by atoms with van der Waals surface area (Å²) in [6.07, 6.45) is 6.31. The minimum Gasteiger partial charge on any atom is -0.386 e. The Bertz CT molecular complexity index is 804. The highest BCUT2D eigenvalue weighted by atomic mass is 16.5. The smallest absolute Gasteiger partial charge is 0.178 e. The molecule has 0 aliphatic carbocycles. The van der Waals surface area contributed by atoms with Gasteiger partial charge in [0.05, 0.1) is 6.61 Å². The number of hydrogen-bond acceptors (Lipinski definition) is 7. The minimum atomic E-state index is -0.682. The third kappa shape index (κ3) is 3.60. The highest BCUT2D eigenvalue weighted by Crippen LogP contribution is 2.29. The Hall–Kier alpha value is -1.77. The largest absolute Gasteiger partial charge is 0.386 e. The van der Waals surface area contributed by atoms with Crippen molar-refractivity contribution in [1.29, 1.82) is 0 Å². The molecule has 28 heavy (non-hydrogen) atoms. The van der Waals surface area contributed by atoms with Gasteiger partial charge >= 0.3 is 0 Å². The summed E-state index contributed by atoms with van der Waals surface area (Å²) in [4.78, 5) is 4.72. The first-order valence-electron chi connectivity index (χ1n) is 10.7. The average molecular weight is 387 g/mol. The fraction of sp³-hybridized carbons (Fsp3) is 0.750. The zero-order valence-corrected chi connectivity index (χ0v) is 16.5. The molecule has 152 valence electrons. The van der Waals surface area contributed by atoms with E-state index in [2.05, 4.69) is 26.1 Å². The van der Waals surface area contributed by atoms with Gasteiger partial charge in [-0.3, -0.25) is 0 Å². The molecule has 3 aliphatic rings. The molecule has 0 radical (unpaired) electrons. The van der Waals surface area contributed by atoms with Gasteiger partial charge in [0.1, 0.15) is 11.4 Å². The molecule has 8 heteroatoms. The van der Waals surface area contributed by atoms with Crippen molar-refractivity contribution in [2.24, 2.45) is 0 Å². The predicted molar refractivity (Wildman–Crippen MR) is 106 cm³/mol. The van der Waals surface area contributed by atoms with Crippen molar-refractivity contribution < 1.29 is 9.84 Å². The number of nitrogens with zero attached hydrogens (tertiary/aromatic N) is 6. The van der Waals surface area contributed by atoms with Crippen LogP contribution in [0.5, 0.6) is 0 Å². The van der Waals surface area contributed by atoms with Gasteiger partial charge in [-0.05, 0) is 63.7 Å². The second-order valence-electron chi connectivity index (χ2n) is 8.64. The summed E-state index contributed by atoms with van der Waals surface area (Å²) in [7, 11) is 0. The van der Waals surface area contributed by atoms with Crippen molar-refractivity contribution in [1.82, 2.24) is 24.7 Å². The zero-order valence-electron chi connectivity index (χ0n) is 16.5. The molecule has 0 aromatic carbocycles. The molecule has 1 atom stereocenters. The highest BCUT2D eigenvalue weighted by Gasteiger charge is 2.34. The van der Waals surface area contributed by atoms with E-state index in [1.165, 1.54) is 12.8 Å². The highest BCUT2D eigenvalue weighted by molar-refractivity contribution is 5.46. The average Bonchev–Trinajstić information content (AvgIpc) is 3.38. The molecule has 5 rings (SSSR count). The minimum absolute atomic E-state index is 0.366. The van der Waals surface area contributed by atoms with E-state index in [0.29, 0.717) is 19.1 Å². The molecule has 1 unspecified atom stereocenters. The summed E-state index contributed by atoms with van der Waals surface area (Å²) in [5.74, 6) is 2.38. The molecule has 3 fully saturated rings. The van der Waals surface area contributed by atoms with Gasteiger partial charge in [0.2, 0.25) is 0 Å². The third-order valence-corrected chi connectivity index (χ3v) is 6.48. The van der Waals surface area contributed by atoms with Crippen LogP contribution in [0.1, 0.15) is 50.3 Å². The molecule has 0 spiro atoms. The normalized spacial score (nSPS) is 27.7. The van der Waals surface area contributed by atoms with Crippen LogP contribution in [0.4, 0.5) is 5.82 Å². The molecular formula is C20H30N6O2. The van der Waals surface area contributed by atoms with Gasteiger partial charge in [-0.25, -0.2) is 0 Å². The monoisotopic (exact) mass is 386 g/mol. The van der Waals surface area contributed by atoms with Crippen LogP contribution in [-0.2, 0) is 4.74 Å². The van der Waals surface area contributed by atoms with Crippen molar-refractivity contribution in [3.05, 3.63) is 18.0 Å². The number of aromatic nitrogens is 4. The zero-order chi connectivity index (χ0) is 19.0. The lowest BCUT2D eigenvalue weighted by Gasteiger charge is -2.39. The quantitative estimate of drug-likeness (QED) is 0.852. The van der Waals surface area contributed by atoms with Crippen LogP contribution >= 0.6 is 0 Å². The first-order valence-corrected chi connectivity index (χ1v) is 10.7. The van der Waals surface area contributed by atoms with Crippen molar-refractivity contribution in [2.75, 3.05) is 50.8 Å². The molecule has 0 saturated carbocycles. The number of hydrogen-bond donors (Lipinski definition) is 1. The summed E-state index contributed by atoms with van der Waals surface area (Å²) in [5, 5.41) is 24.4. The fourth-order valence-corrected chi connectivity index (χ4v) is 4.89. The molecule has 2 aromatic heterocycles. The van der Waals surface area contributed by atoms with E-state index in [-0.39, 0.29) is 0 Å². The number of piperidine rings is 1. The number of anilines is 1. The Labute approximate surface area is 165 Å². The van der Waals surface area contributed by atoms with Gasteiger partial charge in [-0.2, -0.15) is 4.52 Å². The number of fused-ring (bicyclic) bond motifs is 1. The topological polar surface area (TPSA) is 79.0 Å². The van der Waals surface area contributed by atoms with Crippen LogP contribution in [-0.4, -0.2) is 81.4 Å². The summed E-state index contributed by atoms with van der Waals surface area (Å²) in [6.45, 7) is 6.04. The maximum absolute atomic E-state index is 10.7. The van der Waals surface area contributed by atoms with Gasteiger partial charge in [0.25, 0.3) is 0 Å². The first kappa shape index (κ1) is 18.3. The Morgan fingerprint density at radius 1 is 1.07 bits per heavy atom. The lowest BCUT2D eigenvalue weighted by molar-refractivity contribution is -0.102. The maximum atomic E-state index is 10.7. The summed E-state index contributed by atoms with van der Waals surface area (Å²) in [5.41, 5.74) is 0.146. The Morgan fingerprint density at radius 2 is 1.89 bits per heavy atom. The van der Waals surface area contributed by atoms with Gasteiger partial charge in [0, 0.05) is 32.2 Å².